The molecule has 1 fully saturated rings. The molecule has 0 aliphatic carbocycles. The molecule has 2 rings (SSSR count). The maximum absolute atomic E-state index is 13.0. The van der Waals surface area contributed by atoms with Crippen molar-refractivity contribution in [2.24, 2.45) is 0 Å². The van der Waals surface area contributed by atoms with E-state index in [0.717, 1.165) is 25.9 Å². The van der Waals surface area contributed by atoms with Gasteiger partial charge < -0.3 is 19.7 Å². The molecule has 0 radical (unpaired) electrons. The van der Waals surface area contributed by atoms with Gasteiger partial charge in [-0.1, -0.05) is 6.92 Å². The van der Waals surface area contributed by atoms with E-state index in [0.29, 0.717) is 23.4 Å². The Bertz CT molecular complexity index is 799. The van der Waals surface area contributed by atoms with Crippen LogP contribution in [0.2, 0.25) is 0 Å². The molecule has 0 aromatic heterocycles. The second-order valence-corrected chi connectivity index (χ2v) is 9.68. The first kappa shape index (κ1) is 24.6. The van der Waals surface area contributed by atoms with Gasteiger partial charge in [0.15, 0.2) is 0 Å². The third-order valence-corrected chi connectivity index (χ3v) is 7.54. The monoisotopic (exact) mass is 441 g/mol. The highest BCUT2D eigenvalue weighted by molar-refractivity contribution is 7.89. The fraction of sp³-hybridized carbons (Fsp3) is 0.667. The molecule has 1 amide bonds. The van der Waals surface area contributed by atoms with Crippen molar-refractivity contribution in [3.05, 3.63) is 23.3 Å². The molecule has 1 aliphatic heterocycles. The van der Waals surface area contributed by atoms with Crippen LogP contribution in [0.3, 0.4) is 0 Å². The molecular formula is C21H35N3O5S. The second kappa shape index (κ2) is 11.1. The fourth-order valence-electron chi connectivity index (χ4n) is 3.80. The first-order chi connectivity index (χ1) is 14.2. The van der Waals surface area contributed by atoms with Crippen LogP contribution in [-0.2, 0) is 19.6 Å². The minimum Gasteiger partial charge on any atom is -0.497 e. The maximum Gasteiger partial charge on any atom is 0.248 e. The van der Waals surface area contributed by atoms with E-state index in [1.54, 1.807) is 33.1 Å². The number of hydrogen-bond donors (Lipinski definition) is 1. The summed E-state index contributed by atoms with van der Waals surface area (Å²) in [4.78, 5) is 14.7. The van der Waals surface area contributed by atoms with E-state index in [2.05, 4.69) is 5.32 Å². The van der Waals surface area contributed by atoms with Gasteiger partial charge in [0.25, 0.3) is 0 Å². The van der Waals surface area contributed by atoms with E-state index in [4.69, 9.17) is 9.47 Å². The third kappa shape index (κ3) is 5.94. The zero-order valence-corrected chi connectivity index (χ0v) is 19.5. The zero-order chi connectivity index (χ0) is 22.3. The van der Waals surface area contributed by atoms with Crippen molar-refractivity contribution in [3.8, 4) is 5.75 Å². The number of benzene rings is 1. The lowest BCUT2D eigenvalue weighted by Crippen LogP contribution is -2.44. The van der Waals surface area contributed by atoms with Gasteiger partial charge in [-0.2, -0.15) is 4.31 Å². The van der Waals surface area contributed by atoms with E-state index < -0.39 is 10.0 Å². The predicted octanol–water partition coefficient (Wildman–Crippen LogP) is 1.55. The van der Waals surface area contributed by atoms with Crippen LogP contribution in [0, 0.1) is 13.8 Å². The molecule has 8 nitrogen and oxygen atoms in total. The Hall–Kier alpha value is -1.68. The Labute approximate surface area is 180 Å². The number of hydrogen-bond acceptors (Lipinski definition) is 6. The molecule has 1 aromatic rings. The van der Waals surface area contributed by atoms with Crippen molar-refractivity contribution in [2.45, 2.75) is 44.6 Å². The number of carbonyl (C=O) groups is 1. The minimum atomic E-state index is -3.67. The van der Waals surface area contributed by atoms with Crippen LogP contribution in [-0.4, -0.2) is 83.1 Å². The summed E-state index contributed by atoms with van der Waals surface area (Å²) in [5.41, 5.74) is 1.27. The average molecular weight is 442 g/mol. The number of carbonyl (C=O) groups excluding carboxylic acids is 1. The number of rotatable bonds is 11. The number of ether oxygens (including phenoxy) is 2. The lowest BCUT2D eigenvalue weighted by atomic mass is 10.1. The average Bonchev–Trinajstić information content (AvgIpc) is 3.22. The van der Waals surface area contributed by atoms with Crippen LogP contribution >= 0.6 is 0 Å². The van der Waals surface area contributed by atoms with E-state index in [-0.39, 0.29) is 36.6 Å². The van der Waals surface area contributed by atoms with Crippen LogP contribution in [0.5, 0.6) is 5.75 Å². The lowest BCUT2D eigenvalue weighted by Gasteiger charge is -2.28. The molecule has 0 unspecified atom stereocenters. The summed E-state index contributed by atoms with van der Waals surface area (Å²) in [6, 6.07) is 3.64. The molecule has 0 bridgehead atoms. The summed E-state index contributed by atoms with van der Waals surface area (Å²) in [6.07, 6.45) is 1.84. The topological polar surface area (TPSA) is 88.2 Å². The molecule has 1 N–H and O–H groups in total. The number of likely N-dealkylation sites (N-methyl/N-ethyl adjacent to an activating group) is 1. The highest BCUT2D eigenvalue weighted by Crippen LogP contribution is 2.27. The first-order valence-corrected chi connectivity index (χ1v) is 11.9. The smallest absolute Gasteiger partial charge is 0.248 e. The maximum atomic E-state index is 13.0. The summed E-state index contributed by atoms with van der Waals surface area (Å²) < 4.78 is 38.1. The fourth-order valence-corrected chi connectivity index (χ4v) is 5.36. The van der Waals surface area contributed by atoms with E-state index >= 15 is 0 Å². The van der Waals surface area contributed by atoms with Crippen molar-refractivity contribution < 1.29 is 22.7 Å². The molecule has 1 heterocycles. The molecule has 9 heteroatoms. The molecule has 170 valence electrons. The summed E-state index contributed by atoms with van der Waals surface area (Å²) in [6.45, 7) is 8.28. The van der Waals surface area contributed by atoms with Gasteiger partial charge in [0, 0.05) is 32.7 Å². The van der Waals surface area contributed by atoms with Gasteiger partial charge in [-0.25, -0.2) is 8.42 Å². The number of sulfonamides is 1. The normalized spacial score (nSPS) is 16.8. The number of aryl methyl sites for hydroxylation is 2. The SMILES string of the molecule is CCCN(C(=O)COCCN(C)S(=O)(=O)c1c(C)cc(OC)cc1C)[C@H]1CCNC1. The van der Waals surface area contributed by atoms with Gasteiger partial charge in [0.05, 0.1) is 18.6 Å². The Morgan fingerprint density at radius 2 is 1.90 bits per heavy atom. The Morgan fingerprint density at radius 1 is 1.23 bits per heavy atom. The molecule has 1 saturated heterocycles. The summed E-state index contributed by atoms with van der Waals surface area (Å²) >= 11 is 0. The molecule has 1 atom stereocenters. The molecule has 30 heavy (non-hydrogen) atoms. The Kier molecular flexibility index (Phi) is 9.09. The molecular weight excluding hydrogens is 406 g/mol. The number of nitrogens with zero attached hydrogens (tertiary/aromatic N) is 2. The van der Waals surface area contributed by atoms with Gasteiger partial charge in [-0.15, -0.1) is 0 Å². The van der Waals surface area contributed by atoms with Crippen molar-refractivity contribution in [2.75, 3.05) is 53.6 Å². The first-order valence-electron chi connectivity index (χ1n) is 10.4. The van der Waals surface area contributed by atoms with Crippen LogP contribution < -0.4 is 10.1 Å². The van der Waals surface area contributed by atoms with Gasteiger partial charge in [-0.3, -0.25) is 4.79 Å². The van der Waals surface area contributed by atoms with Crippen molar-refractivity contribution in [1.82, 2.24) is 14.5 Å². The summed E-state index contributed by atoms with van der Waals surface area (Å²) in [5.74, 6) is 0.584. The molecule has 1 aromatic carbocycles. The lowest BCUT2D eigenvalue weighted by molar-refractivity contribution is -0.138. The van der Waals surface area contributed by atoms with E-state index in [1.807, 2.05) is 11.8 Å². The quantitative estimate of drug-likeness (QED) is 0.524. The van der Waals surface area contributed by atoms with Crippen molar-refractivity contribution in [1.29, 1.82) is 0 Å². The minimum absolute atomic E-state index is 0.0367. The Morgan fingerprint density at radius 3 is 2.43 bits per heavy atom. The van der Waals surface area contributed by atoms with Gasteiger partial charge in [0.1, 0.15) is 12.4 Å². The van der Waals surface area contributed by atoms with E-state index in [9.17, 15) is 13.2 Å². The molecule has 1 aliphatic rings. The third-order valence-electron chi connectivity index (χ3n) is 5.37. The van der Waals surface area contributed by atoms with Crippen LogP contribution in [0.4, 0.5) is 0 Å². The van der Waals surface area contributed by atoms with Crippen LogP contribution in [0.15, 0.2) is 17.0 Å². The van der Waals surface area contributed by atoms with Crippen molar-refractivity contribution >= 4 is 15.9 Å². The molecule has 0 saturated carbocycles. The van der Waals surface area contributed by atoms with Crippen LogP contribution in [0.25, 0.3) is 0 Å². The van der Waals surface area contributed by atoms with E-state index in [1.165, 1.54) is 11.4 Å². The highest BCUT2D eigenvalue weighted by atomic mass is 32.2. The predicted molar refractivity (Wildman–Crippen MR) is 116 cm³/mol. The summed E-state index contributed by atoms with van der Waals surface area (Å²) in [5, 5.41) is 3.28. The van der Waals surface area contributed by atoms with Gasteiger partial charge in [-0.05, 0) is 56.5 Å². The molecule has 0 spiro atoms. The zero-order valence-electron chi connectivity index (χ0n) is 18.7. The van der Waals surface area contributed by atoms with Crippen molar-refractivity contribution in [3.63, 3.8) is 0 Å². The summed E-state index contributed by atoms with van der Waals surface area (Å²) in [7, 11) is -0.591. The standard InChI is InChI=1S/C21H35N3O5S/c1-6-9-24(18-7-8-22-14-18)20(25)15-29-11-10-23(4)30(26,27)21-16(2)12-19(28-5)13-17(21)3/h12-13,18,22H,6-11,14-15H2,1-5H3/t18-/m0/s1. The highest BCUT2D eigenvalue weighted by Gasteiger charge is 2.27. The largest absolute Gasteiger partial charge is 0.497 e. The second-order valence-electron chi connectivity index (χ2n) is 7.70. The van der Waals surface area contributed by atoms with Gasteiger partial charge in [0.2, 0.25) is 15.9 Å². The number of methoxy groups -OCH3 is 1. The van der Waals surface area contributed by atoms with Gasteiger partial charge >= 0.3 is 0 Å². The number of nitrogens with one attached hydrogen (secondary N) is 1. The van der Waals surface area contributed by atoms with Crippen LogP contribution in [0.1, 0.15) is 30.9 Å². The Balaban J connectivity index is 1.92. The number of amides is 1.